The number of amidine groups is 1. The van der Waals surface area contributed by atoms with E-state index in [1.165, 1.54) is 0 Å². The van der Waals surface area contributed by atoms with Crippen molar-refractivity contribution in [1.82, 2.24) is 24.6 Å². The van der Waals surface area contributed by atoms with Crippen molar-refractivity contribution in [2.45, 2.75) is 13.2 Å². The summed E-state index contributed by atoms with van der Waals surface area (Å²) < 4.78 is 7.33. The van der Waals surface area contributed by atoms with Gasteiger partial charge in [-0.05, 0) is 37.3 Å². The molecule has 0 fully saturated rings. The first kappa shape index (κ1) is 19.4. The Morgan fingerprint density at radius 2 is 1.93 bits per heavy atom. The lowest BCUT2D eigenvalue weighted by Gasteiger charge is -2.28. The third-order valence-electron chi connectivity index (χ3n) is 4.60. The van der Waals surface area contributed by atoms with Gasteiger partial charge in [0.1, 0.15) is 18.0 Å². The summed E-state index contributed by atoms with van der Waals surface area (Å²) in [6.07, 6.45) is 5.24. The van der Waals surface area contributed by atoms with Crippen LogP contribution < -0.4 is 15.4 Å². The Kier molecular flexibility index (Phi) is 5.34. The SMILES string of the molecule is COc1c(NC2=NC(Nc3cccc(C)n3)N(C)C=C2)cccc1-c1ncn(C)n1. The van der Waals surface area contributed by atoms with Crippen LogP contribution in [0.4, 0.5) is 11.5 Å². The quantitative estimate of drug-likeness (QED) is 0.675. The van der Waals surface area contributed by atoms with Crippen molar-refractivity contribution in [2.75, 3.05) is 24.8 Å². The topological polar surface area (TPSA) is 92.5 Å². The number of anilines is 2. The second-order valence-electron chi connectivity index (χ2n) is 6.93. The zero-order valence-electron chi connectivity index (χ0n) is 17.4. The van der Waals surface area contributed by atoms with Crippen LogP contribution in [0.2, 0.25) is 0 Å². The second-order valence-corrected chi connectivity index (χ2v) is 6.93. The van der Waals surface area contributed by atoms with Gasteiger partial charge in [-0.2, -0.15) is 5.10 Å². The molecule has 0 amide bonds. The monoisotopic (exact) mass is 404 g/mol. The summed E-state index contributed by atoms with van der Waals surface area (Å²) in [5.41, 5.74) is 2.53. The molecule has 3 aromatic rings. The van der Waals surface area contributed by atoms with Gasteiger partial charge in [0.25, 0.3) is 0 Å². The molecule has 0 saturated heterocycles. The van der Waals surface area contributed by atoms with Crippen molar-refractivity contribution in [3.8, 4) is 17.1 Å². The molecule has 1 atom stereocenters. The van der Waals surface area contributed by atoms with Crippen LogP contribution in [-0.2, 0) is 7.05 Å². The van der Waals surface area contributed by atoms with Crippen LogP contribution in [0, 0.1) is 6.92 Å². The number of hydrogen-bond acceptors (Lipinski definition) is 8. The van der Waals surface area contributed by atoms with Crippen molar-refractivity contribution in [3.63, 3.8) is 0 Å². The Hall–Kier alpha value is -3.88. The highest BCUT2D eigenvalue weighted by Gasteiger charge is 2.19. The summed E-state index contributed by atoms with van der Waals surface area (Å²) in [6.45, 7) is 1.96. The highest BCUT2D eigenvalue weighted by atomic mass is 16.5. The number of aromatic nitrogens is 4. The summed E-state index contributed by atoms with van der Waals surface area (Å²) in [5.74, 6) is 2.72. The van der Waals surface area contributed by atoms with Crippen LogP contribution in [0.3, 0.4) is 0 Å². The van der Waals surface area contributed by atoms with Crippen molar-refractivity contribution >= 4 is 17.3 Å². The fraction of sp³-hybridized carbons (Fsp3) is 0.238. The van der Waals surface area contributed by atoms with Gasteiger partial charge in [-0.25, -0.2) is 15.0 Å². The molecular weight excluding hydrogens is 380 g/mol. The van der Waals surface area contributed by atoms with E-state index in [4.69, 9.17) is 9.73 Å². The van der Waals surface area contributed by atoms with Gasteiger partial charge >= 0.3 is 0 Å². The third kappa shape index (κ3) is 4.09. The molecule has 1 unspecified atom stereocenters. The number of rotatable bonds is 5. The van der Waals surface area contributed by atoms with Gasteiger partial charge in [0, 0.05) is 26.0 Å². The fourth-order valence-electron chi connectivity index (χ4n) is 3.13. The summed E-state index contributed by atoms with van der Waals surface area (Å²) in [7, 11) is 5.42. The van der Waals surface area contributed by atoms with E-state index < -0.39 is 0 Å². The van der Waals surface area contributed by atoms with E-state index in [0.29, 0.717) is 17.4 Å². The fourth-order valence-corrected chi connectivity index (χ4v) is 3.13. The molecule has 4 rings (SSSR count). The first-order valence-corrected chi connectivity index (χ1v) is 9.51. The van der Waals surface area contributed by atoms with Crippen LogP contribution >= 0.6 is 0 Å². The average Bonchev–Trinajstić information content (AvgIpc) is 3.16. The van der Waals surface area contributed by atoms with Crippen LogP contribution in [0.25, 0.3) is 11.4 Å². The Bertz CT molecular complexity index is 1100. The minimum Gasteiger partial charge on any atom is -0.494 e. The van der Waals surface area contributed by atoms with Gasteiger partial charge in [0.15, 0.2) is 17.9 Å². The maximum atomic E-state index is 5.67. The first-order chi connectivity index (χ1) is 14.5. The normalized spacial score (nSPS) is 15.7. The lowest BCUT2D eigenvalue weighted by Crippen LogP contribution is -2.37. The molecule has 0 aliphatic carbocycles. The molecule has 2 N–H and O–H groups in total. The molecule has 1 aliphatic rings. The van der Waals surface area contributed by atoms with E-state index in [1.54, 1.807) is 18.1 Å². The molecule has 3 heterocycles. The number of methoxy groups -OCH3 is 1. The molecule has 0 radical (unpaired) electrons. The lowest BCUT2D eigenvalue weighted by molar-refractivity contribution is 0.367. The number of nitrogens with one attached hydrogen (secondary N) is 2. The minimum atomic E-state index is -0.293. The van der Waals surface area contributed by atoms with Crippen molar-refractivity contribution in [2.24, 2.45) is 12.0 Å². The van der Waals surface area contributed by atoms with Crippen molar-refractivity contribution < 1.29 is 4.74 Å². The largest absolute Gasteiger partial charge is 0.494 e. The van der Waals surface area contributed by atoms with E-state index in [0.717, 1.165) is 22.8 Å². The maximum absolute atomic E-state index is 5.67. The molecule has 30 heavy (non-hydrogen) atoms. The van der Waals surface area contributed by atoms with Gasteiger partial charge < -0.3 is 20.3 Å². The van der Waals surface area contributed by atoms with E-state index >= 15 is 0 Å². The third-order valence-corrected chi connectivity index (χ3v) is 4.60. The van der Waals surface area contributed by atoms with Gasteiger partial charge in [0.05, 0.1) is 18.4 Å². The zero-order valence-corrected chi connectivity index (χ0v) is 17.4. The van der Waals surface area contributed by atoms with E-state index in [1.807, 2.05) is 74.6 Å². The number of hydrogen-bond donors (Lipinski definition) is 2. The predicted octanol–water partition coefficient (Wildman–Crippen LogP) is 2.86. The number of benzene rings is 1. The van der Waals surface area contributed by atoms with E-state index in [2.05, 4.69) is 25.7 Å². The Morgan fingerprint density at radius 3 is 2.67 bits per heavy atom. The molecular formula is C21H24N8O. The Balaban J connectivity index is 1.59. The highest BCUT2D eigenvalue weighted by molar-refractivity contribution is 6.05. The average molecular weight is 404 g/mol. The predicted molar refractivity (Wildman–Crippen MR) is 117 cm³/mol. The number of aryl methyl sites for hydroxylation is 2. The summed E-state index contributed by atoms with van der Waals surface area (Å²) in [6, 6.07) is 11.6. The number of nitrogens with zero attached hydrogens (tertiary/aromatic N) is 6. The standard InChI is InChI=1S/C21H24N8O/c1-14-7-5-10-17(23-14)25-21-26-18(11-12-28(21)2)24-16-9-6-8-15(19(16)30-4)20-22-13-29(3)27-20/h5-13,21H,1-4H3,(H,23,25)(H,24,26). The summed E-state index contributed by atoms with van der Waals surface area (Å²) >= 11 is 0. The number of para-hydroxylation sites is 1. The van der Waals surface area contributed by atoms with Crippen molar-refractivity contribution in [3.05, 3.63) is 60.7 Å². The number of aliphatic imine (C=N–C) groups is 1. The van der Waals surface area contributed by atoms with E-state index in [9.17, 15) is 0 Å². The molecule has 0 spiro atoms. The van der Waals surface area contributed by atoms with Gasteiger partial charge in [-0.1, -0.05) is 12.1 Å². The van der Waals surface area contributed by atoms with Gasteiger partial charge in [-0.3, -0.25) is 4.68 Å². The van der Waals surface area contributed by atoms with Gasteiger partial charge in [0.2, 0.25) is 0 Å². The zero-order chi connectivity index (χ0) is 21.1. The molecule has 154 valence electrons. The van der Waals surface area contributed by atoms with Crippen LogP contribution in [-0.4, -0.2) is 50.9 Å². The summed E-state index contributed by atoms with van der Waals surface area (Å²) in [4.78, 5) is 15.6. The second kappa shape index (κ2) is 8.24. The highest BCUT2D eigenvalue weighted by Crippen LogP contribution is 2.34. The Morgan fingerprint density at radius 1 is 1.10 bits per heavy atom. The smallest absolute Gasteiger partial charge is 0.199 e. The molecule has 9 heteroatoms. The van der Waals surface area contributed by atoms with Crippen molar-refractivity contribution in [1.29, 1.82) is 0 Å². The molecule has 2 aromatic heterocycles. The molecule has 0 saturated carbocycles. The Labute approximate surface area is 175 Å². The van der Waals surface area contributed by atoms with Crippen LogP contribution in [0.15, 0.2) is 60.0 Å². The lowest BCUT2D eigenvalue weighted by atomic mass is 10.1. The summed E-state index contributed by atoms with van der Waals surface area (Å²) in [5, 5.41) is 11.1. The van der Waals surface area contributed by atoms with Gasteiger partial charge in [-0.15, -0.1) is 0 Å². The molecule has 1 aromatic carbocycles. The maximum Gasteiger partial charge on any atom is 0.199 e. The molecule has 9 nitrogen and oxygen atoms in total. The molecule has 1 aliphatic heterocycles. The van der Waals surface area contributed by atoms with E-state index in [-0.39, 0.29) is 6.29 Å². The molecule has 0 bridgehead atoms. The first-order valence-electron chi connectivity index (χ1n) is 9.51. The van der Waals surface area contributed by atoms with Crippen LogP contribution in [0.1, 0.15) is 5.69 Å². The van der Waals surface area contributed by atoms with Crippen LogP contribution in [0.5, 0.6) is 5.75 Å². The number of ether oxygens (including phenoxy) is 1. The minimum absolute atomic E-state index is 0.293. The number of pyridine rings is 1.